The van der Waals surface area contributed by atoms with Crippen LogP contribution in [0.3, 0.4) is 0 Å². The molecule has 5 heteroatoms. The lowest BCUT2D eigenvalue weighted by Gasteiger charge is -2.08. The van der Waals surface area contributed by atoms with Crippen molar-refractivity contribution in [2.75, 3.05) is 13.3 Å². The van der Waals surface area contributed by atoms with E-state index in [0.717, 1.165) is 18.4 Å². The first-order chi connectivity index (χ1) is 8.72. The van der Waals surface area contributed by atoms with Crippen molar-refractivity contribution >= 4 is 17.7 Å². The molecule has 0 aliphatic rings. The summed E-state index contributed by atoms with van der Waals surface area (Å²) in [7, 11) is 0. The van der Waals surface area contributed by atoms with Crippen LogP contribution >= 0.6 is 11.6 Å². The second-order valence-corrected chi connectivity index (χ2v) is 4.34. The zero-order chi connectivity index (χ0) is 13.2. The summed E-state index contributed by atoms with van der Waals surface area (Å²) in [5.41, 5.74) is 1.07. The van der Waals surface area contributed by atoms with E-state index in [9.17, 15) is 4.79 Å². The Bertz CT molecular complexity index is 372. The van der Waals surface area contributed by atoms with E-state index < -0.39 is 0 Å². The maximum Gasteiger partial charge on any atom is 0.408 e. The number of amides is 1. The number of halogens is 1. The molecule has 18 heavy (non-hydrogen) atoms. The summed E-state index contributed by atoms with van der Waals surface area (Å²) in [6.45, 7) is 3.54. The summed E-state index contributed by atoms with van der Waals surface area (Å²) in [6.07, 6.45) is 1.52. The molecule has 1 amide bonds. The molecule has 0 atom stereocenters. The maximum atomic E-state index is 11.2. The van der Waals surface area contributed by atoms with Crippen molar-refractivity contribution in [3.63, 3.8) is 0 Å². The Morgan fingerprint density at radius 1 is 1.44 bits per heavy atom. The van der Waals surface area contributed by atoms with E-state index in [2.05, 4.69) is 10.6 Å². The zero-order valence-corrected chi connectivity index (χ0v) is 11.3. The van der Waals surface area contributed by atoms with Gasteiger partial charge in [0, 0.05) is 11.6 Å². The van der Waals surface area contributed by atoms with Gasteiger partial charge in [-0.1, -0.05) is 37.1 Å². The van der Waals surface area contributed by atoms with Gasteiger partial charge in [0.1, 0.15) is 0 Å². The fourth-order valence-corrected chi connectivity index (χ4v) is 1.56. The van der Waals surface area contributed by atoms with Crippen LogP contribution in [0, 0.1) is 0 Å². The van der Waals surface area contributed by atoms with Gasteiger partial charge in [-0.2, -0.15) is 0 Å². The number of hydrogen-bond acceptors (Lipinski definition) is 3. The SMILES string of the molecule is CCCCOC(=O)NCNCc1cccc(Cl)c1. The number of benzene rings is 1. The van der Waals surface area contributed by atoms with Crippen LogP contribution in [-0.4, -0.2) is 19.4 Å². The third-order valence-corrected chi connectivity index (χ3v) is 2.54. The molecule has 0 saturated carbocycles. The van der Waals surface area contributed by atoms with Gasteiger partial charge in [-0.05, 0) is 24.1 Å². The number of hydrogen-bond donors (Lipinski definition) is 2. The minimum atomic E-state index is -0.387. The largest absolute Gasteiger partial charge is 0.450 e. The third-order valence-electron chi connectivity index (χ3n) is 2.31. The van der Waals surface area contributed by atoms with Crippen molar-refractivity contribution in [2.45, 2.75) is 26.3 Å². The molecule has 0 bridgehead atoms. The molecule has 100 valence electrons. The zero-order valence-electron chi connectivity index (χ0n) is 10.5. The Hall–Kier alpha value is -1.26. The quantitative estimate of drug-likeness (QED) is 0.592. The molecule has 0 heterocycles. The predicted molar refractivity (Wildman–Crippen MR) is 72.6 cm³/mol. The number of rotatable bonds is 7. The van der Waals surface area contributed by atoms with Crippen molar-refractivity contribution in [2.24, 2.45) is 0 Å². The van der Waals surface area contributed by atoms with E-state index >= 15 is 0 Å². The molecular formula is C13H19ClN2O2. The first kappa shape index (κ1) is 14.8. The number of ether oxygens (including phenoxy) is 1. The van der Waals surface area contributed by atoms with Crippen molar-refractivity contribution in [1.82, 2.24) is 10.6 Å². The van der Waals surface area contributed by atoms with Crippen LogP contribution in [0.5, 0.6) is 0 Å². The third kappa shape index (κ3) is 6.47. The Labute approximate surface area is 113 Å². The lowest BCUT2D eigenvalue weighted by molar-refractivity contribution is 0.144. The van der Waals surface area contributed by atoms with E-state index in [1.807, 2.05) is 31.2 Å². The second-order valence-electron chi connectivity index (χ2n) is 3.90. The van der Waals surface area contributed by atoms with Gasteiger partial charge < -0.3 is 10.1 Å². The molecular weight excluding hydrogens is 252 g/mol. The van der Waals surface area contributed by atoms with Crippen molar-refractivity contribution in [3.8, 4) is 0 Å². The molecule has 0 radical (unpaired) electrons. The Balaban J connectivity index is 2.09. The number of nitrogens with one attached hydrogen (secondary N) is 2. The lowest BCUT2D eigenvalue weighted by atomic mass is 10.2. The summed E-state index contributed by atoms with van der Waals surface area (Å²) < 4.78 is 4.94. The highest BCUT2D eigenvalue weighted by Gasteiger charge is 1.99. The average molecular weight is 271 g/mol. The molecule has 1 aromatic rings. The van der Waals surface area contributed by atoms with Crippen LogP contribution in [0.1, 0.15) is 25.3 Å². The van der Waals surface area contributed by atoms with Crippen LogP contribution in [0.15, 0.2) is 24.3 Å². The van der Waals surface area contributed by atoms with Crippen LogP contribution < -0.4 is 10.6 Å². The van der Waals surface area contributed by atoms with Gasteiger partial charge in [0.05, 0.1) is 13.3 Å². The number of carbonyl (C=O) groups excluding carboxylic acids is 1. The van der Waals surface area contributed by atoms with Crippen LogP contribution in [0.25, 0.3) is 0 Å². The first-order valence-corrected chi connectivity index (χ1v) is 6.46. The smallest absolute Gasteiger partial charge is 0.408 e. The molecule has 1 rings (SSSR count). The van der Waals surface area contributed by atoms with Crippen molar-refractivity contribution in [3.05, 3.63) is 34.9 Å². The van der Waals surface area contributed by atoms with E-state index in [0.29, 0.717) is 24.8 Å². The Kier molecular flexibility index (Phi) is 7.22. The molecule has 0 fully saturated rings. The summed E-state index contributed by atoms with van der Waals surface area (Å²) >= 11 is 5.86. The van der Waals surface area contributed by atoms with Gasteiger partial charge in [0.25, 0.3) is 0 Å². The average Bonchev–Trinajstić information content (AvgIpc) is 2.35. The molecule has 0 saturated heterocycles. The van der Waals surface area contributed by atoms with E-state index in [4.69, 9.17) is 16.3 Å². The highest BCUT2D eigenvalue weighted by molar-refractivity contribution is 6.30. The summed E-state index contributed by atoms with van der Waals surface area (Å²) in [5.74, 6) is 0. The maximum absolute atomic E-state index is 11.2. The molecule has 2 N–H and O–H groups in total. The Morgan fingerprint density at radius 3 is 3.00 bits per heavy atom. The van der Waals surface area contributed by atoms with Gasteiger partial charge >= 0.3 is 6.09 Å². The van der Waals surface area contributed by atoms with Crippen molar-refractivity contribution < 1.29 is 9.53 Å². The first-order valence-electron chi connectivity index (χ1n) is 6.08. The molecule has 0 aliphatic carbocycles. The van der Waals surface area contributed by atoms with Gasteiger partial charge in [-0.15, -0.1) is 0 Å². The minimum Gasteiger partial charge on any atom is -0.450 e. The summed E-state index contributed by atoms with van der Waals surface area (Å²) in [6, 6.07) is 7.58. The predicted octanol–water partition coefficient (Wildman–Crippen LogP) is 2.91. The second kappa shape index (κ2) is 8.78. The monoisotopic (exact) mass is 270 g/mol. The fraction of sp³-hybridized carbons (Fsp3) is 0.462. The molecule has 1 aromatic carbocycles. The number of carbonyl (C=O) groups is 1. The van der Waals surface area contributed by atoms with E-state index in [1.165, 1.54) is 0 Å². The van der Waals surface area contributed by atoms with E-state index in [-0.39, 0.29) is 6.09 Å². The molecule has 0 aromatic heterocycles. The Morgan fingerprint density at radius 2 is 2.28 bits per heavy atom. The highest BCUT2D eigenvalue weighted by Crippen LogP contribution is 2.09. The van der Waals surface area contributed by atoms with Crippen LogP contribution in [0.4, 0.5) is 4.79 Å². The molecule has 4 nitrogen and oxygen atoms in total. The summed E-state index contributed by atoms with van der Waals surface area (Å²) in [5, 5.41) is 6.41. The highest BCUT2D eigenvalue weighted by atomic mass is 35.5. The van der Waals surface area contributed by atoms with Crippen LogP contribution in [-0.2, 0) is 11.3 Å². The number of unbranched alkanes of at least 4 members (excludes halogenated alkanes) is 1. The summed E-state index contributed by atoms with van der Waals surface area (Å²) in [4.78, 5) is 11.2. The van der Waals surface area contributed by atoms with Gasteiger partial charge in [0.15, 0.2) is 0 Å². The molecule has 0 spiro atoms. The topological polar surface area (TPSA) is 50.4 Å². The fourth-order valence-electron chi connectivity index (χ4n) is 1.35. The van der Waals surface area contributed by atoms with Gasteiger partial charge in [-0.3, -0.25) is 5.32 Å². The lowest BCUT2D eigenvalue weighted by Crippen LogP contribution is -2.34. The van der Waals surface area contributed by atoms with E-state index in [1.54, 1.807) is 0 Å². The van der Waals surface area contributed by atoms with Gasteiger partial charge in [0.2, 0.25) is 0 Å². The van der Waals surface area contributed by atoms with Crippen LogP contribution in [0.2, 0.25) is 5.02 Å². The standard InChI is InChI=1S/C13H19ClN2O2/c1-2-3-7-18-13(17)16-10-15-9-11-5-4-6-12(14)8-11/h4-6,8,15H,2-3,7,9-10H2,1H3,(H,16,17). The molecule has 0 unspecified atom stereocenters. The normalized spacial score (nSPS) is 10.1. The van der Waals surface area contributed by atoms with Gasteiger partial charge in [-0.25, -0.2) is 4.79 Å². The molecule has 0 aliphatic heterocycles. The minimum absolute atomic E-state index is 0.372. The van der Waals surface area contributed by atoms with Crippen molar-refractivity contribution in [1.29, 1.82) is 0 Å². The number of alkyl carbamates (subject to hydrolysis) is 1.